The Morgan fingerprint density at radius 3 is 2.56 bits per heavy atom. The van der Waals surface area contributed by atoms with Gasteiger partial charge in [-0.15, -0.1) is 0 Å². The van der Waals surface area contributed by atoms with Crippen LogP contribution in [0.15, 0.2) is 48.5 Å². The average Bonchev–Trinajstić information content (AvgIpc) is 3.34. The number of nitrogens with zero attached hydrogens (tertiary/aromatic N) is 2. The Morgan fingerprint density at radius 2 is 1.78 bits per heavy atom. The van der Waals surface area contributed by atoms with Crippen LogP contribution < -0.4 is 10.2 Å². The van der Waals surface area contributed by atoms with Crippen molar-refractivity contribution in [2.45, 2.75) is 71.5 Å². The zero-order chi connectivity index (χ0) is 25.6. The summed E-state index contributed by atoms with van der Waals surface area (Å²) in [5, 5.41) is 4.15. The molecule has 5 rings (SSSR count). The molecule has 0 bridgehead atoms. The molecule has 2 aromatic carbocycles. The number of hydrogen-bond donors (Lipinski definition) is 2. The van der Waals surface area contributed by atoms with Gasteiger partial charge in [-0.05, 0) is 49.9 Å². The van der Waals surface area contributed by atoms with E-state index in [0.29, 0.717) is 23.6 Å². The topological polar surface area (TPSA) is 85.5 Å². The van der Waals surface area contributed by atoms with Crippen molar-refractivity contribution in [3.63, 3.8) is 0 Å². The number of aromatic amines is 1. The minimum absolute atomic E-state index is 0.000965. The number of fused-ring (bicyclic) bond motifs is 4. The highest BCUT2D eigenvalue weighted by Crippen LogP contribution is 2.42. The van der Waals surface area contributed by atoms with E-state index in [0.717, 1.165) is 41.4 Å². The van der Waals surface area contributed by atoms with E-state index in [4.69, 9.17) is 0 Å². The fraction of sp³-hybridized carbons (Fsp3) is 0.414. The van der Waals surface area contributed by atoms with Crippen LogP contribution in [0.4, 0.5) is 10.5 Å². The number of anilines is 1. The van der Waals surface area contributed by atoms with Crippen LogP contribution in [0.3, 0.4) is 0 Å². The molecule has 0 aliphatic carbocycles. The van der Waals surface area contributed by atoms with Gasteiger partial charge in [-0.1, -0.05) is 57.0 Å². The molecule has 2 N–H and O–H groups in total. The molecule has 0 radical (unpaired) electrons. The summed E-state index contributed by atoms with van der Waals surface area (Å²) in [6.45, 7) is 8.33. The molecular formula is C29H34N4O3. The lowest BCUT2D eigenvalue weighted by atomic mass is 9.93. The van der Waals surface area contributed by atoms with E-state index < -0.39 is 6.04 Å². The lowest BCUT2D eigenvalue weighted by Gasteiger charge is -2.33. The average molecular weight is 487 g/mol. The SMILES string of the molecule is CC(C)CCC[C@H](C)NC(=O)c1ccccc1N1C(=O)[C@@H]2Cc3c([nH]c4ccccc34)[C@H](C)N2C1=O. The Hall–Kier alpha value is -3.61. The monoisotopic (exact) mass is 486 g/mol. The first kappa shape index (κ1) is 24.1. The van der Waals surface area contributed by atoms with Crippen LogP contribution in [-0.4, -0.2) is 39.8 Å². The second-order valence-corrected chi connectivity index (χ2v) is 10.5. The summed E-state index contributed by atoms with van der Waals surface area (Å²) >= 11 is 0. The van der Waals surface area contributed by atoms with E-state index in [9.17, 15) is 14.4 Å². The van der Waals surface area contributed by atoms with Crippen molar-refractivity contribution >= 4 is 34.4 Å². The predicted molar refractivity (Wildman–Crippen MR) is 141 cm³/mol. The van der Waals surface area contributed by atoms with E-state index in [1.807, 2.05) is 38.1 Å². The Morgan fingerprint density at radius 1 is 1.06 bits per heavy atom. The molecule has 7 nitrogen and oxygen atoms in total. The molecule has 3 aromatic rings. The summed E-state index contributed by atoms with van der Waals surface area (Å²) < 4.78 is 0. The normalized spacial score (nSPS) is 20.1. The maximum absolute atomic E-state index is 13.7. The molecule has 1 aromatic heterocycles. The molecule has 3 heterocycles. The van der Waals surface area contributed by atoms with Gasteiger partial charge in [0.15, 0.2) is 0 Å². The third-order valence-electron chi connectivity index (χ3n) is 7.52. The molecule has 0 spiro atoms. The van der Waals surface area contributed by atoms with E-state index in [1.165, 1.54) is 4.90 Å². The van der Waals surface area contributed by atoms with Gasteiger partial charge in [0.25, 0.3) is 11.8 Å². The first-order chi connectivity index (χ1) is 17.3. The summed E-state index contributed by atoms with van der Waals surface area (Å²) in [6.07, 6.45) is 3.48. The van der Waals surface area contributed by atoms with Gasteiger partial charge < -0.3 is 15.2 Å². The second-order valence-electron chi connectivity index (χ2n) is 10.5. The molecule has 36 heavy (non-hydrogen) atoms. The smallest absolute Gasteiger partial charge is 0.332 e. The van der Waals surface area contributed by atoms with Gasteiger partial charge in [-0.2, -0.15) is 0 Å². The van der Waals surface area contributed by atoms with Crippen LogP contribution in [0, 0.1) is 5.92 Å². The van der Waals surface area contributed by atoms with Gasteiger partial charge in [0.1, 0.15) is 6.04 Å². The quantitative estimate of drug-likeness (QED) is 0.428. The van der Waals surface area contributed by atoms with Gasteiger partial charge in [-0.25, -0.2) is 9.69 Å². The largest absolute Gasteiger partial charge is 0.356 e. The summed E-state index contributed by atoms with van der Waals surface area (Å²) in [4.78, 5) is 46.9. The number of carbonyl (C=O) groups excluding carboxylic acids is 3. The van der Waals surface area contributed by atoms with Gasteiger partial charge in [-0.3, -0.25) is 9.59 Å². The predicted octanol–water partition coefficient (Wildman–Crippen LogP) is 5.57. The summed E-state index contributed by atoms with van der Waals surface area (Å²) in [7, 11) is 0. The Bertz CT molecular complexity index is 1330. The highest BCUT2D eigenvalue weighted by molar-refractivity contribution is 6.24. The highest BCUT2D eigenvalue weighted by Gasteiger charge is 2.52. The fourth-order valence-electron chi connectivity index (χ4n) is 5.65. The van der Waals surface area contributed by atoms with Crippen molar-refractivity contribution in [3.8, 4) is 0 Å². The molecule has 0 saturated carbocycles. The molecule has 1 fully saturated rings. The molecule has 7 heteroatoms. The van der Waals surface area contributed by atoms with Crippen molar-refractivity contribution in [3.05, 3.63) is 65.4 Å². The zero-order valence-electron chi connectivity index (χ0n) is 21.4. The summed E-state index contributed by atoms with van der Waals surface area (Å²) in [5.74, 6) is 0.0756. The van der Waals surface area contributed by atoms with Crippen LogP contribution in [0.2, 0.25) is 0 Å². The number of nitrogens with one attached hydrogen (secondary N) is 2. The Balaban J connectivity index is 1.41. The van der Waals surface area contributed by atoms with Gasteiger partial charge >= 0.3 is 6.03 Å². The van der Waals surface area contributed by atoms with Crippen LogP contribution >= 0.6 is 0 Å². The van der Waals surface area contributed by atoms with Gasteiger partial charge in [0.05, 0.1) is 17.3 Å². The van der Waals surface area contributed by atoms with Crippen molar-refractivity contribution in [1.82, 2.24) is 15.2 Å². The van der Waals surface area contributed by atoms with Crippen molar-refractivity contribution < 1.29 is 14.4 Å². The van der Waals surface area contributed by atoms with Crippen molar-refractivity contribution in [1.29, 1.82) is 0 Å². The number of para-hydroxylation sites is 2. The van der Waals surface area contributed by atoms with E-state index in [2.05, 4.69) is 24.1 Å². The number of H-pyrrole nitrogens is 1. The third-order valence-corrected chi connectivity index (χ3v) is 7.52. The third kappa shape index (κ3) is 4.06. The van der Waals surface area contributed by atoms with Crippen LogP contribution in [0.1, 0.15) is 74.6 Å². The number of imide groups is 1. The van der Waals surface area contributed by atoms with Gasteiger partial charge in [0.2, 0.25) is 0 Å². The first-order valence-electron chi connectivity index (χ1n) is 12.9. The maximum Gasteiger partial charge on any atom is 0.332 e. The Kier molecular flexibility index (Phi) is 6.33. The van der Waals surface area contributed by atoms with Crippen LogP contribution in [0.25, 0.3) is 10.9 Å². The molecule has 2 aliphatic heterocycles. The molecule has 0 unspecified atom stereocenters. The highest BCUT2D eigenvalue weighted by atomic mass is 16.2. The second kappa shape index (κ2) is 9.45. The summed E-state index contributed by atoms with van der Waals surface area (Å²) in [5.41, 5.74) is 3.75. The van der Waals surface area contributed by atoms with E-state index >= 15 is 0 Å². The number of rotatable bonds is 7. The molecule has 188 valence electrons. The van der Waals surface area contributed by atoms with Crippen molar-refractivity contribution in [2.75, 3.05) is 4.90 Å². The number of amides is 4. The number of benzene rings is 2. The minimum Gasteiger partial charge on any atom is -0.356 e. The number of aromatic nitrogens is 1. The molecule has 1 saturated heterocycles. The summed E-state index contributed by atoms with van der Waals surface area (Å²) in [6, 6.07) is 13.7. The first-order valence-corrected chi connectivity index (χ1v) is 12.9. The number of urea groups is 1. The zero-order valence-corrected chi connectivity index (χ0v) is 21.4. The molecule has 3 atom stereocenters. The molecule has 2 aliphatic rings. The fourth-order valence-corrected chi connectivity index (χ4v) is 5.65. The van der Waals surface area contributed by atoms with Gasteiger partial charge in [0, 0.05) is 29.1 Å². The van der Waals surface area contributed by atoms with Crippen LogP contribution in [0.5, 0.6) is 0 Å². The maximum atomic E-state index is 13.7. The lowest BCUT2D eigenvalue weighted by molar-refractivity contribution is -0.120. The minimum atomic E-state index is -0.592. The van der Waals surface area contributed by atoms with E-state index in [1.54, 1.807) is 29.2 Å². The van der Waals surface area contributed by atoms with E-state index in [-0.39, 0.29) is 29.9 Å². The number of hydrogen-bond acceptors (Lipinski definition) is 3. The van der Waals surface area contributed by atoms with Crippen molar-refractivity contribution in [2.24, 2.45) is 5.92 Å². The Labute approximate surface area is 211 Å². The standard InChI is InChI=1S/C29H34N4O3/c1-17(2)10-9-11-18(3)30-27(34)21-13-6-8-15-24(21)33-28(35)25-16-22-20-12-5-7-14-23(20)31-26(22)19(4)32(25)29(33)36/h5-8,12-15,17-19,25,31H,9-11,16H2,1-4H3,(H,30,34)/t18-,19-,25-/m0/s1. The lowest BCUT2D eigenvalue weighted by Crippen LogP contribution is -2.42. The number of carbonyl (C=O) groups is 3. The molecular weight excluding hydrogens is 452 g/mol. The van der Waals surface area contributed by atoms with Crippen LogP contribution in [-0.2, 0) is 11.2 Å². The molecule has 4 amide bonds.